The Morgan fingerprint density at radius 2 is 2.24 bits per heavy atom. The van der Waals surface area contributed by atoms with Gasteiger partial charge in [0, 0.05) is 6.20 Å². The molecule has 2 aromatic heterocycles. The largest absolute Gasteiger partial charge is 0.478 e. The lowest BCUT2D eigenvalue weighted by atomic mass is 10.1. The van der Waals surface area contributed by atoms with Gasteiger partial charge in [0.2, 0.25) is 0 Å². The Morgan fingerprint density at radius 3 is 2.82 bits per heavy atom. The predicted molar refractivity (Wildman–Crippen MR) is 63.6 cm³/mol. The van der Waals surface area contributed by atoms with E-state index in [-0.39, 0.29) is 11.3 Å². The summed E-state index contributed by atoms with van der Waals surface area (Å²) in [5.41, 5.74) is 6.28. The maximum absolute atomic E-state index is 10.9. The third-order valence-electron chi connectivity index (χ3n) is 2.17. The summed E-state index contributed by atoms with van der Waals surface area (Å²) in [7, 11) is 0. The van der Waals surface area contributed by atoms with Crippen LogP contribution in [0.2, 0.25) is 0 Å². The number of anilines is 1. The van der Waals surface area contributed by atoms with Crippen LogP contribution >= 0.6 is 11.3 Å². The van der Waals surface area contributed by atoms with Crippen LogP contribution < -0.4 is 5.73 Å². The first kappa shape index (κ1) is 11.1. The van der Waals surface area contributed by atoms with E-state index < -0.39 is 5.97 Å². The van der Waals surface area contributed by atoms with Crippen molar-refractivity contribution >= 4 is 23.0 Å². The number of aromatic nitrogens is 1. The van der Waals surface area contributed by atoms with Crippen molar-refractivity contribution in [3.63, 3.8) is 0 Å². The minimum atomic E-state index is -1.09. The van der Waals surface area contributed by atoms with Crippen molar-refractivity contribution in [3.8, 4) is 16.6 Å². The average Bonchev–Trinajstić information content (AvgIpc) is 2.77. The van der Waals surface area contributed by atoms with Gasteiger partial charge in [0.15, 0.2) is 0 Å². The first-order chi connectivity index (χ1) is 8.13. The van der Waals surface area contributed by atoms with Crippen molar-refractivity contribution in [1.29, 1.82) is 5.26 Å². The summed E-state index contributed by atoms with van der Waals surface area (Å²) in [6.07, 6.45) is 1.39. The fraction of sp³-hybridized carbons (Fsp3) is 0. The van der Waals surface area contributed by atoms with Gasteiger partial charge in [-0.3, -0.25) is 4.98 Å². The van der Waals surface area contributed by atoms with Crippen molar-refractivity contribution in [2.45, 2.75) is 0 Å². The van der Waals surface area contributed by atoms with Crippen LogP contribution in [0.1, 0.15) is 15.2 Å². The lowest BCUT2D eigenvalue weighted by Gasteiger charge is -2.04. The van der Waals surface area contributed by atoms with Crippen LogP contribution in [0, 0.1) is 11.3 Å². The molecule has 0 spiro atoms. The number of carbonyl (C=O) groups is 1. The molecule has 0 bridgehead atoms. The average molecular weight is 245 g/mol. The van der Waals surface area contributed by atoms with Gasteiger partial charge in [-0.2, -0.15) is 5.26 Å². The number of nitrogen functional groups attached to an aromatic ring is 1. The Balaban J connectivity index is 2.57. The number of thiophene rings is 1. The number of nitrogens with zero attached hydrogens (tertiary/aromatic N) is 2. The van der Waals surface area contributed by atoms with Gasteiger partial charge >= 0.3 is 5.97 Å². The number of hydrogen-bond acceptors (Lipinski definition) is 5. The minimum absolute atomic E-state index is 0.0157. The molecule has 0 aliphatic rings. The number of carboxylic acid groups (broad SMARTS) is 1. The van der Waals surface area contributed by atoms with E-state index in [9.17, 15) is 4.79 Å². The van der Waals surface area contributed by atoms with Crippen LogP contribution in [-0.4, -0.2) is 16.1 Å². The second-order valence-corrected chi connectivity index (χ2v) is 4.29. The molecule has 0 radical (unpaired) electrons. The quantitative estimate of drug-likeness (QED) is 0.842. The Hall–Kier alpha value is -2.39. The standard InChI is InChI=1S/C11H7N3O2S/c12-5-6-1-2-8(17-6)10-9(13)7(11(15)16)3-4-14-10/h1-4H,13H2,(H,15,16). The van der Waals surface area contributed by atoms with Crippen LogP contribution in [0.15, 0.2) is 24.4 Å². The van der Waals surface area contributed by atoms with Gasteiger partial charge in [-0.25, -0.2) is 4.79 Å². The molecule has 2 rings (SSSR count). The first-order valence-corrected chi connectivity index (χ1v) is 5.43. The second-order valence-electron chi connectivity index (χ2n) is 3.20. The maximum Gasteiger partial charge on any atom is 0.337 e. The normalized spacial score (nSPS) is 9.82. The molecule has 2 heterocycles. The summed E-state index contributed by atoms with van der Waals surface area (Å²) in [4.78, 5) is 16.2. The van der Waals surface area contributed by atoms with Gasteiger partial charge in [-0.05, 0) is 18.2 Å². The molecule has 84 valence electrons. The monoisotopic (exact) mass is 245 g/mol. The fourth-order valence-electron chi connectivity index (χ4n) is 1.38. The van der Waals surface area contributed by atoms with Gasteiger partial charge in [0.1, 0.15) is 16.6 Å². The maximum atomic E-state index is 10.9. The van der Waals surface area contributed by atoms with E-state index in [0.717, 1.165) is 0 Å². The zero-order valence-corrected chi connectivity index (χ0v) is 9.36. The third kappa shape index (κ3) is 1.96. The lowest BCUT2D eigenvalue weighted by Crippen LogP contribution is -2.04. The Morgan fingerprint density at radius 1 is 1.47 bits per heavy atom. The highest BCUT2D eigenvalue weighted by molar-refractivity contribution is 7.16. The van der Waals surface area contributed by atoms with Crippen molar-refractivity contribution in [1.82, 2.24) is 4.98 Å². The Labute approximate surface area is 101 Å². The summed E-state index contributed by atoms with van der Waals surface area (Å²) >= 11 is 1.22. The van der Waals surface area contributed by atoms with Gasteiger partial charge in [-0.1, -0.05) is 0 Å². The van der Waals surface area contributed by atoms with Crippen LogP contribution in [0.4, 0.5) is 5.69 Å². The summed E-state index contributed by atoms with van der Waals surface area (Å²) in [6.45, 7) is 0. The van der Waals surface area contributed by atoms with Crippen molar-refractivity contribution in [3.05, 3.63) is 34.8 Å². The smallest absolute Gasteiger partial charge is 0.337 e. The zero-order chi connectivity index (χ0) is 12.4. The number of aromatic carboxylic acids is 1. The van der Waals surface area contributed by atoms with Crippen LogP contribution in [0.25, 0.3) is 10.6 Å². The molecule has 0 saturated carbocycles. The van der Waals surface area contributed by atoms with Crippen molar-refractivity contribution < 1.29 is 9.90 Å². The van der Waals surface area contributed by atoms with Gasteiger partial charge in [0.25, 0.3) is 0 Å². The number of nitriles is 1. The first-order valence-electron chi connectivity index (χ1n) is 4.61. The molecule has 5 nitrogen and oxygen atoms in total. The number of carboxylic acids is 1. The molecule has 0 saturated heterocycles. The highest BCUT2D eigenvalue weighted by Crippen LogP contribution is 2.31. The SMILES string of the molecule is N#Cc1ccc(-c2nccc(C(=O)O)c2N)s1. The summed E-state index contributed by atoms with van der Waals surface area (Å²) in [6, 6.07) is 6.70. The number of rotatable bonds is 2. The Kier molecular flexibility index (Phi) is 2.77. The van der Waals surface area contributed by atoms with Crippen LogP contribution in [0.5, 0.6) is 0 Å². The summed E-state index contributed by atoms with van der Waals surface area (Å²) in [5, 5.41) is 17.7. The van der Waals surface area contributed by atoms with E-state index in [0.29, 0.717) is 15.4 Å². The molecule has 0 aliphatic carbocycles. The van der Waals surface area contributed by atoms with E-state index in [1.54, 1.807) is 12.1 Å². The van der Waals surface area contributed by atoms with E-state index in [1.807, 2.05) is 6.07 Å². The molecule has 17 heavy (non-hydrogen) atoms. The van der Waals surface area contributed by atoms with E-state index in [4.69, 9.17) is 16.1 Å². The van der Waals surface area contributed by atoms with Crippen LogP contribution in [-0.2, 0) is 0 Å². The van der Waals surface area contributed by atoms with Gasteiger partial charge in [-0.15, -0.1) is 11.3 Å². The van der Waals surface area contributed by atoms with E-state index >= 15 is 0 Å². The third-order valence-corrected chi connectivity index (χ3v) is 3.17. The molecule has 0 aliphatic heterocycles. The number of nitrogens with two attached hydrogens (primary N) is 1. The number of hydrogen-bond donors (Lipinski definition) is 2. The molecular formula is C11H7N3O2S. The van der Waals surface area contributed by atoms with Gasteiger partial charge < -0.3 is 10.8 Å². The second kappa shape index (κ2) is 4.23. The minimum Gasteiger partial charge on any atom is -0.478 e. The lowest BCUT2D eigenvalue weighted by molar-refractivity contribution is 0.0698. The summed E-state index contributed by atoms with van der Waals surface area (Å²) < 4.78 is 0. The number of pyridine rings is 1. The molecule has 0 amide bonds. The highest BCUT2D eigenvalue weighted by Gasteiger charge is 2.14. The topological polar surface area (TPSA) is 100 Å². The molecule has 3 N–H and O–H groups in total. The Bertz CT molecular complexity index is 628. The zero-order valence-electron chi connectivity index (χ0n) is 8.54. The predicted octanol–water partition coefficient (Wildman–Crippen LogP) is 1.96. The van der Waals surface area contributed by atoms with Crippen LogP contribution in [0.3, 0.4) is 0 Å². The molecule has 0 fully saturated rings. The molecule has 0 aromatic carbocycles. The molecule has 6 heteroatoms. The molecule has 2 aromatic rings. The van der Waals surface area contributed by atoms with E-state index in [2.05, 4.69) is 4.98 Å². The van der Waals surface area contributed by atoms with Crippen molar-refractivity contribution in [2.24, 2.45) is 0 Å². The molecule has 0 atom stereocenters. The fourth-order valence-corrected chi connectivity index (χ4v) is 2.20. The van der Waals surface area contributed by atoms with Gasteiger partial charge in [0.05, 0.1) is 16.1 Å². The van der Waals surface area contributed by atoms with E-state index in [1.165, 1.54) is 23.6 Å². The highest BCUT2D eigenvalue weighted by atomic mass is 32.1. The van der Waals surface area contributed by atoms with Crippen molar-refractivity contribution in [2.75, 3.05) is 5.73 Å². The molecule has 0 unspecified atom stereocenters. The summed E-state index contributed by atoms with van der Waals surface area (Å²) in [5.74, 6) is -1.09. The molecular weight excluding hydrogens is 238 g/mol.